The van der Waals surface area contributed by atoms with E-state index in [4.69, 9.17) is 21.1 Å². The highest BCUT2D eigenvalue weighted by Crippen LogP contribution is 2.37. The number of rotatable bonds is 10. The molecule has 10 heteroatoms. The standard InChI is InChI=1S/C20H24ClN5O2S.ClH/c1-14-4-6-15(7-5-14)13-28-19-17(21)10-16(11-18(19)27-3)12-22-8-9-29-20-23-24-25-26(20)2;/h4-7,10-11,22H,8-9,12-13H2,1-3H3;1H. The fourth-order valence-electron chi connectivity index (χ4n) is 2.65. The van der Waals surface area contributed by atoms with Crippen LogP contribution in [0.25, 0.3) is 0 Å². The molecule has 1 N–H and O–H groups in total. The Kier molecular flexibility index (Phi) is 9.71. The van der Waals surface area contributed by atoms with Gasteiger partial charge in [0.2, 0.25) is 5.16 Å². The van der Waals surface area contributed by atoms with Crippen molar-refractivity contribution in [3.05, 3.63) is 58.1 Å². The Hall–Kier alpha value is -2.00. The lowest BCUT2D eigenvalue weighted by Gasteiger charge is -2.15. The lowest BCUT2D eigenvalue weighted by Crippen LogP contribution is -2.17. The molecule has 0 aliphatic carbocycles. The molecular formula is C20H25Cl2N5O2S. The molecule has 0 aliphatic rings. The number of hydrogen-bond donors (Lipinski definition) is 1. The Morgan fingerprint density at radius 2 is 1.93 bits per heavy atom. The molecule has 0 aliphatic heterocycles. The maximum absolute atomic E-state index is 6.47. The van der Waals surface area contributed by atoms with Gasteiger partial charge in [-0.25, -0.2) is 4.68 Å². The van der Waals surface area contributed by atoms with Crippen LogP contribution < -0.4 is 14.8 Å². The van der Waals surface area contributed by atoms with Crippen LogP contribution in [0.1, 0.15) is 16.7 Å². The van der Waals surface area contributed by atoms with Crippen LogP contribution in [-0.4, -0.2) is 39.6 Å². The van der Waals surface area contributed by atoms with E-state index in [9.17, 15) is 0 Å². The zero-order chi connectivity index (χ0) is 20.6. The third kappa shape index (κ3) is 6.77. The lowest BCUT2D eigenvalue weighted by molar-refractivity contribution is 0.284. The second-order valence-corrected chi connectivity index (χ2v) is 7.96. The van der Waals surface area contributed by atoms with Crippen molar-refractivity contribution in [3.63, 3.8) is 0 Å². The van der Waals surface area contributed by atoms with Crippen molar-refractivity contribution < 1.29 is 9.47 Å². The first kappa shape index (κ1) is 24.3. The van der Waals surface area contributed by atoms with Gasteiger partial charge >= 0.3 is 0 Å². The lowest BCUT2D eigenvalue weighted by atomic mass is 10.1. The molecule has 0 spiro atoms. The zero-order valence-corrected chi connectivity index (χ0v) is 19.5. The van der Waals surface area contributed by atoms with E-state index >= 15 is 0 Å². The van der Waals surface area contributed by atoms with Gasteiger partial charge in [0.15, 0.2) is 11.5 Å². The van der Waals surface area contributed by atoms with Gasteiger partial charge in [0, 0.05) is 25.9 Å². The van der Waals surface area contributed by atoms with Crippen molar-refractivity contribution in [2.45, 2.75) is 25.2 Å². The number of nitrogens with one attached hydrogen (secondary N) is 1. The second kappa shape index (κ2) is 12.0. The molecule has 3 aromatic rings. The Morgan fingerprint density at radius 3 is 2.60 bits per heavy atom. The van der Waals surface area contributed by atoms with E-state index in [1.165, 1.54) is 5.56 Å². The summed E-state index contributed by atoms with van der Waals surface area (Å²) < 4.78 is 13.1. The minimum atomic E-state index is 0. The fraction of sp³-hybridized carbons (Fsp3) is 0.350. The minimum absolute atomic E-state index is 0. The minimum Gasteiger partial charge on any atom is -0.493 e. The predicted molar refractivity (Wildman–Crippen MR) is 122 cm³/mol. The van der Waals surface area contributed by atoms with Crippen molar-refractivity contribution in [1.29, 1.82) is 0 Å². The number of ether oxygens (including phenoxy) is 2. The van der Waals surface area contributed by atoms with Gasteiger partial charge in [-0.15, -0.1) is 17.5 Å². The Labute approximate surface area is 191 Å². The summed E-state index contributed by atoms with van der Waals surface area (Å²) in [4.78, 5) is 0. The number of aromatic nitrogens is 4. The number of nitrogens with zero attached hydrogens (tertiary/aromatic N) is 4. The summed E-state index contributed by atoms with van der Waals surface area (Å²) >= 11 is 8.07. The summed E-state index contributed by atoms with van der Waals surface area (Å²) in [5.74, 6) is 2.04. The van der Waals surface area contributed by atoms with Gasteiger partial charge in [-0.2, -0.15) is 0 Å². The number of thioether (sulfide) groups is 1. The van der Waals surface area contributed by atoms with Gasteiger partial charge in [0.05, 0.1) is 12.1 Å². The van der Waals surface area contributed by atoms with Gasteiger partial charge in [0.1, 0.15) is 6.61 Å². The normalized spacial score (nSPS) is 10.5. The first-order chi connectivity index (χ1) is 14.1. The molecule has 7 nitrogen and oxygen atoms in total. The molecule has 1 heterocycles. The highest BCUT2D eigenvalue weighted by molar-refractivity contribution is 7.99. The van der Waals surface area contributed by atoms with Crippen LogP contribution in [0.2, 0.25) is 5.02 Å². The first-order valence-corrected chi connectivity index (χ1v) is 10.5. The maximum atomic E-state index is 6.47. The van der Waals surface area contributed by atoms with Crippen LogP contribution in [0.5, 0.6) is 11.5 Å². The molecule has 0 bridgehead atoms. The van der Waals surface area contributed by atoms with E-state index in [0.29, 0.717) is 29.7 Å². The van der Waals surface area contributed by atoms with Crippen LogP contribution in [0, 0.1) is 6.92 Å². The van der Waals surface area contributed by atoms with Gasteiger partial charge < -0.3 is 14.8 Å². The van der Waals surface area contributed by atoms with Crippen LogP contribution >= 0.6 is 35.8 Å². The van der Waals surface area contributed by atoms with Crippen LogP contribution in [-0.2, 0) is 20.2 Å². The van der Waals surface area contributed by atoms with Crippen molar-refractivity contribution in [2.75, 3.05) is 19.4 Å². The molecule has 1 aromatic heterocycles. The molecule has 0 saturated carbocycles. The van der Waals surface area contributed by atoms with E-state index in [1.54, 1.807) is 23.6 Å². The highest BCUT2D eigenvalue weighted by atomic mass is 35.5. The van der Waals surface area contributed by atoms with Crippen molar-refractivity contribution in [3.8, 4) is 11.5 Å². The van der Waals surface area contributed by atoms with E-state index in [0.717, 1.165) is 28.6 Å². The molecule has 162 valence electrons. The topological polar surface area (TPSA) is 74.1 Å². The molecule has 2 aromatic carbocycles. The van der Waals surface area contributed by atoms with E-state index in [1.807, 2.05) is 31.3 Å². The molecular weight excluding hydrogens is 445 g/mol. The number of aryl methyl sites for hydroxylation is 2. The summed E-state index contributed by atoms with van der Waals surface area (Å²) in [6.07, 6.45) is 0. The Bertz CT molecular complexity index is 937. The molecule has 0 amide bonds. The van der Waals surface area contributed by atoms with Crippen LogP contribution in [0.3, 0.4) is 0 Å². The summed E-state index contributed by atoms with van der Waals surface area (Å²) in [6.45, 7) is 3.97. The van der Waals surface area contributed by atoms with Crippen LogP contribution in [0.4, 0.5) is 0 Å². The molecule has 0 atom stereocenters. The van der Waals surface area contributed by atoms with E-state index < -0.39 is 0 Å². The smallest absolute Gasteiger partial charge is 0.209 e. The maximum Gasteiger partial charge on any atom is 0.209 e. The second-order valence-electron chi connectivity index (χ2n) is 6.49. The molecule has 3 rings (SSSR count). The monoisotopic (exact) mass is 469 g/mol. The van der Waals surface area contributed by atoms with Crippen molar-refractivity contribution in [1.82, 2.24) is 25.5 Å². The molecule has 0 radical (unpaired) electrons. The number of methoxy groups -OCH3 is 1. The van der Waals surface area contributed by atoms with Gasteiger partial charge in [-0.05, 0) is 40.6 Å². The summed E-state index contributed by atoms with van der Waals surface area (Å²) in [7, 11) is 3.44. The number of tetrazole rings is 1. The largest absolute Gasteiger partial charge is 0.493 e. The van der Waals surface area contributed by atoms with Gasteiger partial charge in [0.25, 0.3) is 0 Å². The average molecular weight is 470 g/mol. The van der Waals surface area contributed by atoms with Crippen molar-refractivity contribution >= 4 is 35.8 Å². The van der Waals surface area contributed by atoms with E-state index in [2.05, 4.69) is 39.9 Å². The number of benzene rings is 2. The molecule has 0 unspecified atom stereocenters. The Morgan fingerprint density at radius 1 is 1.17 bits per heavy atom. The summed E-state index contributed by atoms with van der Waals surface area (Å²) in [5, 5.41) is 16.1. The SMILES string of the molecule is COc1cc(CNCCSc2nnnn2C)cc(Cl)c1OCc1ccc(C)cc1.Cl. The van der Waals surface area contributed by atoms with Gasteiger partial charge in [-0.1, -0.05) is 53.2 Å². The molecule has 0 saturated heterocycles. The number of hydrogen-bond acceptors (Lipinski definition) is 7. The third-order valence-corrected chi connectivity index (χ3v) is 5.51. The predicted octanol–water partition coefficient (Wildman–Crippen LogP) is 4.06. The van der Waals surface area contributed by atoms with Gasteiger partial charge in [-0.3, -0.25) is 0 Å². The molecule has 30 heavy (non-hydrogen) atoms. The van der Waals surface area contributed by atoms with Crippen LogP contribution in [0.15, 0.2) is 41.6 Å². The number of halogens is 2. The third-order valence-electron chi connectivity index (χ3n) is 4.21. The van der Waals surface area contributed by atoms with Crippen molar-refractivity contribution in [2.24, 2.45) is 7.05 Å². The highest BCUT2D eigenvalue weighted by Gasteiger charge is 2.12. The Balaban J connectivity index is 0.00000320. The quantitative estimate of drug-likeness (QED) is 0.354. The molecule has 0 fully saturated rings. The average Bonchev–Trinajstić information content (AvgIpc) is 3.12. The summed E-state index contributed by atoms with van der Waals surface area (Å²) in [5.41, 5.74) is 3.32. The fourth-order valence-corrected chi connectivity index (χ4v) is 3.68. The zero-order valence-electron chi connectivity index (χ0n) is 17.1. The van der Waals surface area contributed by atoms with E-state index in [-0.39, 0.29) is 12.4 Å². The first-order valence-electron chi connectivity index (χ1n) is 9.17. The summed E-state index contributed by atoms with van der Waals surface area (Å²) in [6, 6.07) is 12.1.